The number of non-ortho nitro benzene ring substituents is 1. The van der Waals surface area contributed by atoms with E-state index in [4.69, 9.17) is 5.73 Å². The van der Waals surface area contributed by atoms with E-state index in [0.29, 0.717) is 5.69 Å². The van der Waals surface area contributed by atoms with Crippen LogP contribution in [0.5, 0.6) is 0 Å². The van der Waals surface area contributed by atoms with Crippen LogP contribution in [0.3, 0.4) is 0 Å². The third kappa shape index (κ3) is 3.44. The molecule has 19 heavy (non-hydrogen) atoms. The molecule has 1 heterocycles. The maximum absolute atomic E-state index is 10.6. The zero-order valence-corrected chi connectivity index (χ0v) is 10.3. The number of anilines is 2. The standard InChI is InChI=1S/C12H15N5O2/c13-11-8-10(17(18)19)2-3-12(11)15-4-1-6-16-7-5-14-9-16/h2-3,5,7-9,15H,1,4,6,13H2. The van der Waals surface area contributed by atoms with Crippen LogP contribution in [-0.2, 0) is 6.54 Å². The topological polar surface area (TPSA) is 99.0 Å². The predicted molar refractivity (Wildman–Crippen MR) is 72.8 cm³/mol. The van der Waals surface area contributed by atoms with Crippen LogP contribution in [0, 0.1) is 10.1 Å². The Hall–Kier alpha value is -2.57. The minimum Gasteiger partial charge on any atom is -0.397 e. The normalized spacial score (nSPS) is 10.3. The highest BCUT2D eigenvalue weighted by Gasteiger charge is 2.07. The van der Waals surface area contributed by atoms with E-state index in [1.807, 2.05) is 10.8 Å². The summed E-state index contributed by atoms with van der Waals surface area (Å²) in [7, 11) is 0. The molecule has 1 aromatic carbocycles. The molecule has 0 atom stereocenters. The molecule has 7 heteroatoms. The second-order valence-corrected chi connectivity index (χ2v) is 4.11. The first-order valence-electron chi connectivity index (χ1n) is 5.90. The average Bonchev–Trinajstić information content (AvgIpc) is 2.89. The Labute approximate surface area is 110 Å². The number of hydrogen-bond donors (Lipinski definition) is 2. The summed E-state index contributed by atoms with van der Waals surface area (Å²) in [5, 5.41) is 13.7. The minimum atomic E-state index is -0.459. The molecule has 2 aromatic rings. The number of nitro benzene ring substituents is 1. The molecule has 0 radical (unpaired) electrons. The van der Waals surface area contributed by atoms with Gasteiger partial charge in [-0.2, -0.15) is 0 Å². The lowest BCUT2D eigenvalue weighted by atomic mass is 10.2. The van der Waals surface area contributed by atoms with Gasteiger partial charge in [0.15, 0.2) is 0 Å². The highest BCUT2D eigenvalue weighted by molar-refractivity contribution is 5.69. The van der Waals surface area contributed by atoms with Gasteiger partial charge >= 0.3 is 0 Å². The van der Waals surface area contributed by atoms with Crippen LogP contribution < -0.4 is 11.1 Å². The van der Waals surface area contributed by atoms with Crippen LogP contribution in [0.25, 0.3) is 0 Å². The van der Waals surface area contributed by atoms with E-state index in [2.05, 4.69) is 10.3 Å². The van der Waals surface area contributed by atoms with Crippen LogP contribution in [0.2, 0.25) is 0 Å². The molecule has 0 amide bonds. The SMILES string of the molecule is Nc1cc([N+](=O)[O-])ccc1NCCCn1ccnc1. The van der Waals surface area contributed by atoms with E-state index in [1.165, 1.54) is 12.1 Å². The van der Waals surface area contributed by atoms with Crippen LogP contribution in [-0.4, -0.2) is 21.0 Å². The Morgan fingerprint density at radius 2 is 2.32 bits per heavy atom. The van der Waals surface area contributed by atoms with Gasteiger partial charge in [-0.05, 0) is 12.5 Å². The molecule has 2 rings (SSSR count). The number of rotatable bonds is 6. The second-order valence-electron chi connectivity index (χ2n) is 4.11. The average molecular weight is 261 g/mol. The van der Waals surface area contributed by atoms with Gasteiger partial charge in [-0.15, -0.1) is 0 Å². The summed E-state index contributed by atoms with van der Waals surface area (Å²) in [5.41, 5.74) is 6.86. The zero-order valence-electron chi connectivity index (χ0n) is 10.3. The monoisotopic (exact) mass is 261 g/mol. The molecule has 1 aromatic heterocycles. The van der Waals surface area contributed by atoms with Crippen molar-refractivity contribution in [2.24, 2.45) is 0 Å². The van der Waals surface area contributed by atoms with Crippen molar-refractivity contribution < 1.29 is 4.92 Å². The van der Waals surface area contributed by atoms with Gasteiger partial charge in [-0.25, -0.2) is 4.98 Å². The second kappa shape index (κ2) is 5.85. The van der Waals surface area contributed by atoms with E-state index >= 15 is 0 Å². The fourth-order valence-corrected chi connectivity index (χ4v) is 1.73. The number of nitrogens with two attached hydrogens (primary N) is 1. The molecule has 0 spiro atoms. The van der Waals surface area contributed by atoms with Crippen molar-refractivity contribution in [1.29, 1.82) is 0 Å². The predicted octanol–water partition coefficient (Wildman–Crippen LogP) is 1.88. The molecule has 0 fully saturated rings. The van der Waals surface area contributed by atoms with Crippen molar-refractivity contribution in [2.75, 3.05) is 17.6 Å². The fraction of sp³-hybridized carbons (Fsp3) is 0.250. The number of nitrogens with zero attached hydrogens (tertiary/aromatic N) is 3. The third-order valence-electron chi connectivity index (χ3n) is 2.71. The molecule has 0 aliphatic rings. The minimum absolute atomic E-state index is 0.00136. The van der Waals surface area contributed by atoms with Gasteiger partial charge in [0, 0.05) is 37.6 Å². The van der Waals surface area contributed by atoms with Gasteiger partial charge in [-0.1, -0.05) is 0 Å². The molecule has 0 aliphatic heterocycles. The lowest BCUT2D eigenvalue weighted by Crippen LogP contribution is -2.07. The van der Waals surface area contributed by atoms with Crippen molar-refractivity contribution in [3.05, 3.63) is 47.0 Å². The number of nitrogen functional groups attached to an aromatic ring is 1. The first-order chi connectivity index (χ1) is 9.16. The molecular weight excluding hydrogens is 246 g/mol. The van der Waals surface area contributed by atoms with Crippen molar-refractivity contribution in [3.8, 4) is 0 Å². The van der Waals surface area contributed by atoms with E-state index in [9.17, 15) is 10.1 Å². The van der Waals surface area contributed by atoms with Crippen LogP contribution in [0.15, 0.2) is 36.9 Å². The quantitative estimate of drug-likeness (QED) is 0.358. The summed E-state index contributed by atoms with van der Waals surface area (Å²) in [6.07, 6.45) is 6.31. The molecule has 0 saturated heterocycles. The van der Waals surface area contributed by atoms with Gasteiger partial charge in [0.2, 0.25) is 0 Å². The molecular formula is C12H15N5O2. The molecule has 0 unspecified atom stereocenters. The number of hydrogen-bond acceptors (Lipinski definition) is 5. The molecule has 0 saturated carbocycles. The van der Waals surface area contributed by atoms with E-state index in [-0.39, 0.29) is 5.69 Å². The van der Waals surface area contributed by atoms with Crippen LogP contribution in [0.1, 0.15) is 6.42 Å². The first kappa shape index (κ1) is 12.9. The number of nitro groups is 1. The Kier molecular flexibility index (Phi) is 3.97. The highest BCUT2D eigenvalue weighted by Crippen LogP contribution is 2.23. The Bertz CT molecular complexity index is 553. The van der Waals surface area contributed by atoms with Crippen LogP contribution in [0.4, 0.5) is 17.1 Å². The van der Waals surface area contributed by atoms with E-state index < -0.39 is 4.92 Å². The van der Waals surface area contributed by atoms with E-state index in [0.717, 1.165) is 25.2 Å². The summed E-state index contributed by atoms with van der Waals surface area (Å²) in [6.45, 7) is 1.60. The van der Waals surface area contributed by atoms with Gasteiger partial charge < -0.3 is 15.6 Å². The van der Waals surface area contributed by atoms with Crippen molar-refractivity contribution in [3.63, 3.8) is 0 Å². The number of aromatic nitrogens is 2. The Morgan fingerprint density at radius 1 is 1.47 bits per heavy atom. The molecule has 7 nitrogen and oxygen atoms in total. The lowest BCUT2D eigenvalue weighted by molar-refractivity contribution is -0.384. The Morgan fingerprint density at radius 3 is 2.95 bits per heavy atom. The maximum atomic E-state index is 10.6. The summed E-state index contributed by atoms with van der Waals surface area (Å²) in [5.74, 6) is 0. The van der Waals surface area contributed by atoms with Gasteiger partial charge in [0.05, 0.1) is 22.6 Å². The number of aryl methyl sites for hydroxylation is 1. The first-order valence-corrected chi connectivity index (χ1v) is 5.90. The van der Waals surface area contributed by atoms with Crippen molar-refractivity contribution in [1.82, 2.24) is 9.55 Å². The summed E-state index contributed by atoms with van der Waals surface area (Å²) < 4.78 is 1.99. The van der Waals surface area contributed by atoms with Gasteiger partial charge in [0.1, 0.15) is 0 Å². The summed E-state index contributed by atoms with van der Waals surface area (Å²) in [4.78, 5) is 14.1. The van der Waals surface area contributed by atoms with Gasteiger partial charge in [-0.3, -0.25) is 10.1 Å². The smallest absolute Gasteiger partial charge is 0.271 e. The summed E-state index contributed by atoms with van der Waals surface area (Å²) >= 11 is 0. The Balaban J connectivity index is 1.84. The molecule has 100 valence electrons. The number of nitrogens with one attached hydrogen (secondary N) is 1. The molecule has 0 bridgehead atoms. The van der Waals surface area contributed by atoms with E-state index in [1.54, 1.807) is 18.6 Å². The number of imidazole rings is 1. The lowest BCUT2D eigenvalue weighted by Gasteiger charge is -2.09. The highest BCUT2D eigenvalue weighted by atomic mass is 16.6. The third-order valence-corrected chi connectivity index (χ3v) is 2.71. The maximum Gasteiger partial charge on any atom is 0.271 e. The van der Waals surface area contributed by atoms with Crippen molar-refractivity contribution >= 4 is 17.1 Å². The van der Waals surface area contributed by atoms with Crippen LogP contribution >= 0.6 is 0 Å². The van der Waals surface area contributed by atoms with Gasteiger partial charge in [0.25, 0.3) is 5.69 Å². The zero-order chi connectivity index (χ0) is 13.7. The van der Waals surface area contributed by atoms with Crippen molar-refractivity contribution in [2.45, 2.75) is 13.0 Å². The fourth-order valence-electron chi connectivity index (χ4n) is 1.73. The summed E-state index contributed by atoms with van der Waals surface area (Å²) in [6, 6.07) is 4.43. The molecule has 3 N–H and O–H groups in total. The molecule has 0 aliphatic carbocycles. The number of benzene rings is 1. The largest absolute Gasteiger partial charge is 0.397 e.